The van der Waals surface area contributed by atoms with Crippen LogP contribution in [0.2, 0.25) is 0 Å². The average molecular weight is 510 g/mol. The molecule has 0 aliphatic rings. The van der Waals surface area contributed by atoms with Crippen LogP contribution < -0.4 is 0 Å². The van der Waals surface area contributed by atoms with Gasteiger partial charge in [0.15, 0.2) is 0 Å². The molecule has 182 valence electrons. The summed E-state index contributed by atoms with van der Waals surface area (Å²) in [5.41, 5.74) is 2.32. The fourth-order valence-corrected chi connectivity index (χ4v) is 5.36. The zero-order chi connectivity index (χ0) is 37.1. The Balaban J connectivity index is 1.60. The molecule has 0 atom stereocenters. The maximum Gasteiger partial charge on any atom is 0.143 e. The van der Waals surface area contributed by atoms with Crippen LogP contribution in [0.25, 0.3) is 76.9 Å². The first-order valence-corrected chi connectivity index (χ1v) is 12.3. The molecule has 8 aromatic rings. The summed E-state index contributed by atoms with van der Waals surface area (Å²) in [5, 5.41) is 1.03. The minimum absolute atomic E-state index is 0.0683. The molecule has 0 N–H and O–H groups in total. The molecule has 1 nitrogen and oxygen atoms in total. The Bertz CT molecular complexity index is 2780. The lowest BCUT2D eigenvalue weighted by Gasteiger charge is -2.18. The Hall–Kier alpha value is -5.14. The van der Waals surface area contributed by atoms with Crippen molar-refractivity contribution in [1.82, 2.24) is 0 Å². The number of fused-ring (bicyclic) bond motifs is 5. The molecular formula is C38H24O. The highest BCUT2D eigenvalue weighted by atomic mass is 16.3. The number of furan rings is 1. The number of hydrogen-bond acceptors (Lipinski definition) is 1. The summed E-state index contributed by atoms with van der Waals surface area (Å²) < 4.78 is 120. The summed E-state index contributed by atoms with van der Waals surface area (Å²) in [4.78, 5) is 0. The zero-order valence-corrected chi connectivity index (χ0v) is 20.3. The van der Waals surface area contributed by atoms with E-state index in [-0.39, 0.29) is 32.7 Å². The van der Waals surface area contributed by atoms with E-state index in [1.807, 2.05) is 48.5 Å². The van der Waals surface area contributed by atoms with Crippen LogP contribution in [0, 0.1) is 0 Å². The Morgan fingerprint density at radius 2 is 1.00 bits per heavy atom. The molecule has 0 saturated carbocycles. The van der Waals surface area contributed by atoms with E-state index >= 15 is 0 Å². The van der Waals surface area contributed by atoms with E-state index in [1.165, 1.54) is 0 Å². The third-order valence-electron chi connectivity index (χ3n) is 6.99. The number of hydrogen-bond donors (Lipinski definition) is 0. The molecule has 0 saturated heterocycles. The summed E-state index contributed by atoms with van der Waals surface area (Å²) in [7, 11) is 0. The SMILES string of the molecule is [2H]c1c([2H])c([2H])c(-c2c3c([2H])c([2H])c([2H])c([2H])c3c(-c3cccc(-c4cccc5c4oc4ccccc45)c3)c3c([2H])c([2H])c([2H])c([2H])c23)c([2H])c1[2H]. The molecule has 1 heterocycles. The van der Waals surface area contributed by atoms with E-state index in [9.17, 15) is 2.74 Å². The van der Waals surface area contributed by atoms with E-state index in [0.29, 0.717) is 27.9 Å². The van der Waals surface area contributed by atoms with Gasteiger partial charge in [-0.05, 0) is 61.5 Å². The van der Waals surface area contributed by atoms with E-state index in [2.05, 4.69) is 0 Å². The highest BCUT2D eigenvalue weighted by Gasteiger charge is 2.17. The van der Waals surface area contributed by atoms with Crippen LogP contribution in [0.1, 0.15) is 17.8 Å². The quantitative estimate of drug-likeness (QED) is 0.216. The largest absolute Gasteiger partial charge is 0.455 e. The standard InChI is InChI=1S/C38H24O/c1-2-12-25(13-3-1)36-30-17-4-6-19-32(30)37(33-20-7-5-18-31(33)36)27-15-10-14-26(24-27)28-21-11-22-34-29-16-8-9-23-35(29)39-38(28)34/h1-24H/i1D,2D,3D,4D,5D,6D,7D,12D,13D,17D,18D,19D,20D. The van der Waals surface area contributed by atoms with E-state index in [4.69, 9.17) is 19.5 Å². The zero-order valence-electron chi connectivity index (χ0n) is 33.3. The van der Waals surface area contributed by atoms with Gasteiger partial charge in [-0.1, -0.05) is 133 Å². The monoisotopic (exact) mass is 509 g/mol. The minimum atomic E-state index is -0.712. The molecule has 8 rings (SSSR count). The maximum atomic E-state index is 9.19. The van der Waals surface area contributed by atoms with Gasteiger partial charge in [0.1, 0.15) is 11.2 Å². The lowest BCUT2D eigenvalue weighted by atomic mass is 9.85. The number of benzene rings is 7. The van der Waals surface area contributed by atoms with Crippen LogP contribution in [-0.4, -0.2) is 0 Å². The highest BCUT2D eigenvalue weighted by molar-refractivity contribution is 6.21. The van der Waals surface area contributed by atoms with Crippen LogP contribution in [0.5, 0.6) is 0 Å². The average Bonchev–Trinajstić information content (AvgIpc) is 3.54. The van der Waals surface area contributed by atoms with Crippen molar-refractivity contribution in [2.75, 3.05) is 0 Å². The Morgan fingerprint density at radius 1 is 0.436 bits per heavy atom. The highest BCUT2D eigenvalue weighted by Crippen LogP contribution is 2.44. The van der Waals surface area contributed by atoms with Crippen LogP contribution in [0.3, 0.4) is 0 Å². The molecule has 0 aliphatic heterocycles. The molecule has 39 heavy (non-hydrogen) atoms. The summed E-state index contributed by atoms with van der Waals surface area (Å²) in [6.45, 7) is 0. The van der Waals surface area contributed by atoms with Gasteiger partial charge in [0.2, 0.25) is 0 Å². The van der Waals surface area contributed by atoms with Crippen LogP contribution in [0.4, 0.5) is 0 Å². The van der Waals surface area contributed by atoms with Crippen molar-refractivity contribution < 1.29 is 22.2 Å². The topological polar surface area (TPSA) is 13.1 Å². The van der Waals surface area contributed by atoms with Gasteiger partial charge in [0, 0.05) is 16.3 Å². The molecule has 0 unspecified atom stereocenters. The predicted octanol–water partition coefficient (Wildman–Crippen LogP) is 10.9. The normalized spacial score (nSPS) is 16.3. The van der Waals surface area contributed by atoms with Crippen molar-refractivity contribution in [3.63, 3.8) is 0 Å². The van der Waals surface area contributed by atoms with Crippen molar-refractivity contribution in [3.8, 4) is 33.4 Å². The van der Waals surface area contributed by atoms with Crippen molar-refractivity contribution in [1.29, 1.82) is 0 Å². The third-order valence-corrected chi connectivity index (χ3v) is 6.99. The van der Waals surface area contributed by atoms with Crippen molar-refractivity contribution >= 4 is 43.5 Å². The summed E-state index contributed by atoms with van der Waals surface area (Å²) in [5.74, 6) is 0. The van der Waals surface area contributed by atoms with Crippen molar-refractivity contribution in [2.24, 2.45) is 0 Å². The van der Waals surface area contributed by atoms with Crippen LogP contribution >= 0.6 is 0 Å². The first kappa shape index (κ1) is 12.6. The Labute approximate surface area is 244 Å². The molecule has 1 heteroatoms. The molecule has 0 bridgehead atoms. The van der Waals surface area contributed by atoms with E-state index in [1.54, 1.807) is 18.2 Å². The molecule has 0 radical (unpaired) electrons. The molecular weight excluding hydrogens is 472 g/mol. The third kappa shape index (κ3) is 3.41. The predicted molar refractivity (Wildman–Crippen MR) is 165 cm³/mol. The molecule has 0 amide bonds. The summed E-state index contributed by atoms with van der Waals surface area (Å²) in [6.07, 6.45) is 0. The first-order chi connectivity index (χ1) is 24.8. The second-order valence-electron chi connectivity index (χ2n) is 9.11. The summed E-state index contributed by atoms with van der Waals surface area (Å²) >= 11 is 0. The number of para-hydroxylation sites is 2. The van der Waals surface area contributed by atoms with Gasteiger partial charge in [-0.3, -0.25) is 0 Å². The van der Waals surface area contributed by atoms with Gasteiger partial charge < -0.3 is 4.42 Å². The van der Waals surface area contributed by atoms with E-state index in [0.717, 1.165) is 10.8 Å². The first-order valence-electron chi connectivity index (χ1n) is 18.8. The van der Waals surface area contributed by atoms with Gasteiger partial charge in [0.05, 0.1) is 17.8 Å². The van der Waals surface area contributed by atoms with Gasteiger partial charge in [-0.25, -0.2) is 0 Å². The molecule has 0 aliphatic carbocycles. The fraction of sp³-hybridized carbons (Fsp3) is 0. The Morgan fingerprint density at radius 3 is 1.72 bits per heavy atom. The van der Waals surface area contributed by atoms with Gasteiger partial charge in [0.25, 0.3) is 0 Å². The molecule has 0 fully saturated rings. The molecule has 0 spiro atoms. The maximum absolute atomic E-state index is 9.19. The second kappa shape index (κ2) is 8.72. The van der Waals surface area contributed by atoms with Crippen LogP contribution in [-0.2, 0) is 0 Å². The smallest absolute Gasteiger partial charge is 0.143 e. The van der Waals surface area contributed by atoms with Crippen molar-refractivity contribution in [2.45, 2.75) is 0 Å². The lowest BCUT2D eigenvalue weighted by molar-refractivity contribution is 0.670. The Kier molecular flexibility index (Phi) is 2.82. The number of rotatable bonds is 3. The van der Waals surface area contributed by atoms with E-state index < -0.39 is 84.1 Å². The summed E-state index contributed by atoms with van der Waals surface area (Å²) in [6, 6.07) is 12.0. The minimum Gasteiger partial charge on any atom is -0.455 e. The van der Waals surface area contributed by atoms with Crippen molar-refractivity contribution in [3.05, 3.63) is 145 Å². The lowest BCUT2D eigenvalue weighted by Crippen LogP contribution is -1.91. The van der Waals surface area contributed by atoms with Gasteiger partial charge in [-0.15, -0.1) is 0 Å². The van der Waals surface area contributed by atoms with Gasteiger partial charge in [-0.2, -0.15) is 0 Å². The fourth-order valence-electron chi connectivity index (χ4n) is 5.36. The van der Waals surface area contributed by atoms with Crippen LogP contribution in [0.15, 0.2) is 150 Å². The molecule has 7 aromatic carbocycles. The second-order valence-corrected chi connectivity index (χ2v) is 9.11. The van der Waals surface area contributed by atoms with Gasteiger partial charge >= 0.3 is 0 Å². The molecule has 1 aromatic heterocycles.